The Morgan fingerprint density at radius 2 is 1.72 bits per heavy atom. The Morgan fingerprint density at radius 1 is 1.11 bits per heavy atom. The van der Waals surface area contributed by atoms with E-state index in [4.69, 9.17) is 30.7 Å². The number of aliphatic hydroxyl groups is 1. The summed E-state index contributed by atoms with van der Waals surface area (Å²) >= 11 is 0. The van der Waals surface area contributed by atoms with Crippen LogP contribution in [0, 0.1) is 0 Å². The summed E-state index contributed by atoms with van der Waals surface area (Å²) in [5.74, 6) is -0.689. The fourth-order valence-corrected chi connectivity index (χ4v) is 0.881. The molecule has 0 aromatic carbocycles. The molecule has 0 spiro atoms. The van der Waals surface area contributed by atoms with Gasteiger partial charge in [0.2, 0.25) is 0 Å². The van der Waals surface area contributed by atoms with E-state index in [1.54, 1.807) is 0 Å². The van der Waals surface area contributed by atoms with Crippen LogP contribution in [0.2, 0.25) is 0 Å². The molecular weight excluding hydrogens is 256 g/mol. The van der Waals surface area contributed by atoms with Crippen LogP contribution in [-0.4, -0.2) is 68.6 Å². The predicted octanol–water partition coefficient (Wildman–Crippen LogP) is -1.31. The Bertz CT molecular complexity index is 225. The molecule has 0 bridgehead atoms. The summed E-state index contributed by atoms with van der Waals surface area (Å²) in [7, 11) is 0. The van der Waals surface area contributed by atoms with Crippen LogP contribution in [-0.2, 0) is 19.2 Å². The Hall–Kier alpha value is -0.890. The molecule has 0 aromatic heterocycles. The van der Waals surface area contributed by atoms with Gasteiger partial charge in [-0.2, -0.15) is 0 Å². The van der Waals surface area contributed by atoms with Crippen molar-refractivity contribution in [3.05, 3.63) is 0 Å². The number of ether oxygens (including phenoxy) is 1. The highest BCUT2D eigenvalue weighted by molar-refractivity contribution is 5.69. The quantitative estimate of drug-likeness (QED) is 0.183. The smallest absolute Gasteiger partial charge is 0.306 e. The van der Waals surface area contributed by atoms with E-state index in [0.717, 1.165) is 0 Å². The van der Waals surface area contributed by atoms with E-state index in [2.05, 4.69) is 9.68 Å². The van der Waals surface area contributed by atoms with Gasteiger partial charge in [0.05, 0.1) is 24.0 Å². The number of aliphatic hydroxyl groups excluding tert-OH is 1. The third kappa shape index (κ3) is 10.3. The molecule has 108 valence electrons. The lowest BCUT2D eigenvalue weighted by Gasteiger charge is -2.16. The first-order chi connectivity index (χ1) is 8.45. The molecule has 11 nitrogen and oxygen atoms in total. The third-order valence-corrected chi connectivity index (χ3v) is 1.61. The summed E-state index contributed by atoms with van der Waals surface area (Å²) in [5.41, 5.74) is 0. The molecule has 0 amide bonds. The zero-order valence-corrected chi connectivity index (χ0v) is 9.38. The summed E-state index contributed by atoms with van der Waals surface area (Å²) in [5, 5.41) is 40.6. The third-order valence-electron chi connectivity index (χ3n) is 1.61. The van der Waals surface area contributed by atoms with E-state index in [1.165, 1.54) is 0 Å². The standard InChI is InChI=1S/C7H16N2O9/c10-4-6(5-17-9(14)15)18-7(11)2-1-3-16-8(12)13/h6,10,12-15H,1-5H2. The van der Waals surface area contributed by atoms with Gasteiger partial charge in [0.25, 0.3) is 0 Å². The molecule has 0 aliphatic rings. The normalized spacial score (nSPS) is 13.1. The monoisotopic (exact) mass is 272 g/mol. The molecule has 0 radical (unpaired) electrons. The molecule has 0 aliphatic carbocycles. The van der Waals surface area contributed by atoms with Crippen molar-refractivity contribution in [2.45, 2.75) is 18.9 Å². The Morgan fingerprint density at radius 3 is 2.22 bits per heavy atom. The second-order valence-electron chi connectivity index (χ2n) is 3.03. The highest BCUT2D eigenvalue weighted by Crippen LogP contribution is 2.00. The number of carbonyl (C=O) groups is 1. The van der Waals surface area contributed by atoms with Gasteiger partial charge in [-0.25, -0.2) is 4.84 Å². The Kier molecular flexibility index (Phi) is 9.57. The number of esters is 1. The van der Waals surface area contributed by atoms with Crippen molar-refractivity contribution in [1.82, 2.24) is 10.8 Å². The lowest BCUT2D eigenvalue weighted by Crippen LogP contribution is -2.30. The van der Waals surface area contributed by atoms with E-state index in [1.807, 2.05) is 0 Å². The summed E-state index contributed by atoms with van der Waals surface area (Å²) in [6.07, 6.45) is -0.985. The SMILES string of the molecule is O=C(CCCON(O)O)OC(CO)CON(O)O. The zero-order valence-electron chi connectivity index (χ0n) is 9.38. The Labute approximate surface area is 102 Å². The molecular formula is C7H16N2O9. The van der Waals surface area contributed by atoms with Crippen molar-refractivity contribution in [3.63, 3.8) is 0 Å². The van der Waals surface area contributed by atoms with E-state index in [0.29, 0.717) is 0 Å². The van der Waals surface area contributed by atoms with Crippen molar-refractivity contribution >= 4 is 5.97 Å². The van der Waals surface area contributed by atoms with Gasteiger partial charge in [-0.1, -0.05) is 0 Å². The molecule has 0 saturated heterocycles. The van der Waals surface area contributed by atoms with Crippen molar-refractivity contribution in [3.8, 4) is 0 Å². The van der Waals surface area contributed by atoms with Crippen LogP contribution in [0.5, 0.6) is 0 Å². The average molecular weight is 272 g/mol. The fourth-order valence-electron chi connectivity index (χ4n) is 0.881. The predicted molar refractivity (Wildman–Crippen MR) is 48.9 cm³/mol. The van der Waals surface area contributed by atoms with E-state index in [9.17, 15) is 4.79 Å². The van der Waals surface area contributed by atoms with E-state index >= 15 is 0 Å². The molecule has 0 aromatic rings. The van der Waals surface area contributed by atoms with Crippen LogP contribution in [0.15, 0.2) is 0 Å². The first-order valence-electron chi connectivity index (χ1n) is 4.87. The molecule has 0 heterocycles. The van der Waals surface area contributed by atoms with Crippen molar-refractivity contribution < 1.29 is 45.1 Å². The van der Waals surface area contributed by atoms with Gasteiger partial charge in [0.15, 0.2) is 6.10 Å². The molecule has 0 saturated carbocycles. The largest absolute Gasteiger partial charge is 0.457 e. The maximum atomic E-state index is 11.2. The fraction of sp³-hybridized carbons (Fsp3) is 0.857. The minimum atomic E-state index is -1.05. The van der Waals surface area contributed by atoms with Crippen LogP contribution in [0.1, 0.15) is 12.8 Å². The topological polar surface area (TPSA) is 152 Å². The number of hydrogen-bond donors (Lipinski definition) is 5. The average Bonchev–Trinajstić information content (AvgIpc) is 2.29. The van der Waals surface area contributed by atoms with Crippen LogP contribution in [0.4, 0.5) is 0 Å². The molecule has 11 heteroatoms. The number of carbonyl (C=O) groups excluding carboxylic acids is 1. The maximum absolute atomic E-state index is 11.2. The number of rotatable bonds is 10. The first-order valence-corrected chi connectivity index (χ1v) is 4.87. The minimum absolute atomic E-state index is 0.0910. The molecule has 0 fully saturated rings. The van der Waals surface area contributed by atoms with Gasteiger partial charge >= 0.3 is 5.97 Å². The highest BCUT2D eigenvalue weighted by atomic mass is 17.1. The van der Waals surface area contributed by atoms with Crippen LogP contribution < -0.4 is 0 Å². The van der Waals surface area contributed by atoms with Crippen LogP contribution in [0.3, 0.4) is 0 Å². The lowest BCUT2D eigenvalue weighted by atomic mass is 10.3. The van der Waals surface area contributed by atoms with Gasteiger partial charge in [-0.3, -0.25) is 30.5 Å². The van der Waals surface area contributed by atoms with Gasteiger partial charge < -0.3 is 9.84 Å². The summed E-state index contributed by atoms with van der Waals surface area (Å²) in [6, 6.07) is 0. The summed E-state index contributed by atoms with van der Waals surface area (Å²) < 4.78 is 4.70. The second kappa shape index (κ2) is 10.1. The maximum Gasteiger partial charge on any atom is 0.306 e. The van der Waals surface area contributed by atoms with Crippen molar-refractivity contribution in [1.29, 1.82) is 0 Å². The molecule has 1 atom stereocenters. The number of hydrogen-bond acceptors (Lipinski definition) is 11. The van der Waals surface area contributed by atoms with Crippen LogP contribution in [0.25, 0.3) is 0 Å². The van der Waals surface area contributed by atoms with Crippen molar-refractivity contribution in [2.24, 2.45) is 0 Å². The van der Waals surface area contributed by atoms with Gasteiger partial charge in [0, 0.05) is 6.42 Å². The molecule has 0 aliphatic heterocycles. The zero-order chi connectivity index (χ0) is 14.0. The molecule has 0 rings (SSSR count). The summed E-state index contributed by atoms with van der Waals surface area (Å²) in [4.78, 5) is 19.5. The van der Waals surface area contributed by atoms with E-state index < -0.39 is 36.1 Å². The molecule has 1 unspecified atom stereocenters. The molecule has 18 heavy (non-hydrogen) atoms. The van der Waals surface area contributed by atoms with Crippen molar-refractivity contribution in [2.75, 3.05) is 19.8 Å². The van der Waals surface area contributed by atoms with E-state index in [-0.39, 0.29) is 19.4 Å². The molecule has 5 N–H and O–H groups in total. The lowest BCUT2D eigenvalue weighted by molar-refractivity contribution is -0.495. The summed E-state index contributed by atoms with van der Waals surface area (Å²) in [6.45, 7) is -1.12. The number of nitrogens with zero attached hydrogens (tertiary/aromatic N) is 2. The van der Waals surface area contributed by atoms with Gasteiger partial charge in [-0.05, 0) is 6.42 Å². The highest BCUT2D eigenvalue weighted by Gasteiger charge is 2.15. The van der Waals surface area contributed by atoms with Gasteiger partial charge in [0.1, 0.15) is 6.61 Å². The minimum Gasteiger partial charge on any atom is -0.457 e. The van der Waals surface area contributed by atoms with Gasteiger partial charge in [-0.15, -0.1) is 0 Å². The first kappa shape index (κ1) is 17.1. The Balaban J connectivity index is 3.69. The van der Waals surface area contributed by atoms with Crippen LogP contribution >= 0.6 is 0 Å². The second-order valence-corrected chi connectivity index (χ2v) is 3.03.